The van der Waals surface area contributed by atoms with Gasteiger partial charge in [0, 0.05) is 56.6 Å². The van der Waals surface area contributed by atoms with Crippen molar-refractivity contribution in [3.63, 3.8) is 0 Å². The second-order valence-corrected chi connectivity index (χ2v) is 11.8. The number of piperidine rings is 1. The molecule has 214 valence electrons. The Labute approximate surface area is 249 Å². The Kier molecular flexibility index (Phi) is 8.16. The van der Waals surface area contributed by atoms with Crippen molar-refractivity contribution in [2.75, 3.05) is 43.5 Å². The fourth-order valence-corrected chi connectivity index (χ4v) is 6.05. The quantitative estimate of drug-likeness (QED) is 0.276. The highest BCUT2D eigenvalue weighted by Crippen LogP contribution is 2.28. The number of benzene rings is 2. The topological polar surface area (TPSA) is 103 Å². The van der Waals surface area contributed by atoms with Gasteiger partial charge >= 0.3 is 0 Å². The number of thioether (sulfide) groups is 1. The number of imide groups is 1. The molecule has 0 aliphatic carbocycles. The van der Waals surface area contributed by atoms with Crippen LogP contribution in [0.15, 0.2) is 71.8 Å². The molecule has 2 aliphatic rings. The molecule has 0 radical (unpaired) electrons. The molecule has 9 nitrogen and oxygen atoms in total. The first-order valence-electron chi connectivity index (χ1n) is 14.1. The van der Waals surface area contributed by atoms with Gasteiger partial charge in [0.25, 0.3) is 11.1 Å². The first kappa shape index (κ1) is 27.9. The third kappa shape index (κ3) is 6.29. The Balaban J connectivity index is 1.08. The van der Waals surface area contributed by atoms with Gasteiger partial charge in [-0.3, -0.25) is 19.9 Å². The number of nitrogens with zero attached hydrogens (tertiary/aromatic N) is 5. The third-order valence-corrected chi connectivity index (χ3v) is 8.50. The summed E-state index contributed by atoms with van der Waals surface area (Å²) in [6.07, 6.45) is 5.39. The van der Waals surface area contributed by atoms with Gasteiger partial charge in [0.15, 0.2) is 0 Å². The van der Waals surface area contributed by atoms with Crippen molar-refractivity contribution in [2.45, 2.75) is 19.4 Å². The Morgan fingerprint density at radius 2 is 1.88 bits per heavy atom. The fourth-order valence-electron chi connectivity index (χ4n) is 5.38. The van der Waals surface area contributed by atoms with Crippen molar-refractivity contribution in [3.05, 3.63) is 83.2 Å². The molecule has 2 aromatic carbocycles. The number of hydrogen-bond donors (Lipinski definition) is 2. The van der Waals surface area contributed by atoms with E-state index in [1.807, 2.05) is 0 Å². The maximum Gasteiger partial charge on any atom is 0.290 e. The zero-order chi connectivity index (χ0) is 29.1. The highest BCUT2D eigenvalue weighted by Gasteiger charge is 2.26. The largest absolute Gasteiger partial charge is 0.378 e. The van der Waals surface area contributed by atoms with Crippen LogP contribution < -0.4 is 20.4 Å². The molecule has 0 unspecified atom stereocenters. The smallest absolute Gasteiger partial charge is 0.290 e. The lowest BCUT2D eigenvalue weighted by Gasteiger charge is -2.32. The van der Waals surface area contributed by atoms with E-state index in [9.17, 15) is 9.59 Å². The molecule has 0 atom stereocenters. The summed E-state index contributed by atoms with van der Waals surface area (Å²) in [5, 5.41) is 7.97. The van der Waals surface area contributed by atoms with E-state index in [0.29, 0.717) is 29.0 Å². The molecule has 10 heteroatoms. The first-order valence-corrected chi connectivity index (χ1v) is 14.9. The molecule has 2 saturated heterocycles. The van der Waals surface area contributed by atoms with Crippen molar-refractivity contribution in [3.8, 4) is 11.3 Å². The summed E-state index contributed by atoms with van der Waals surface area (Å²) >= 11 is 0.892. The van der Waals surface area contributed by atoms with E-state index in [1.165, 1.54) is 10.8 Å². The van der Waals surface area contributed by atoms with Crippen LogP contribution in [0.5, 0.6) is 0 Å². The van der Waals surface area contributed by atoms with Gasteiger partial charge in [-0.25, -0.2) is 9.97 Å². The summed E-state index contributed by atoms with van der Waals surface area (Å²) in [6.45, 7) is 3.34. The number of carbonyl (C=O) groups is 2. The van der Waals surface area contributed by atoms with Crippen molar-refractivity contribution >= 4 is 51.4 Å². The van der Waals surface area contributed by atoms with Crippen LogP contribution in [0.4, 0.5) is 16.4 Å². The number of fused-ring (bicyclic) bond motifs is 1. The number of carbonyl (C=O) groups excluding carboxylic acids is 2. The van der Waals surface area contributed by atoms with Gasteiger partial charge < -0.3 is 15.1 Å². The molecule has 0 spiro atoms. The highest BCUT2D eigenvalue weighted by molar-refractivity contribution is 8.18. The van der Waals surface area contributed by atoms with Crippen LogP contribution in [-0.4, -0.2) is 59.8 Å². The second-order valence-electron chi connectivity index (χ2n) is 10.8. The maximum atomic E-state index is 11.9. The monoisotopic (exact) mass is 579 g/mol. The average molecular weight is 580 g/mol. The summed E-state index contributed by atoms with van der Waals surface area (Å²) in [5.41, 5.74) is 4.93. The summed E-state index contributed by atoms with van der Waals surface area (Å²) in [4.78, 5) is 42.2. The van der Waals surface area contributed by atoms with Crippen molar-refractivity contribution in [2.24, 2.45) is 5.92 Å². The number of pyridine rings is 1. The van der Waals surface area contributed by atoms with Crippen molar-refractivity contribution in [1.29, 1.82) is 0 Å². The summed E-state index contributed by atoms with van der Waals surface area (Å²) in [7, 11) is 4.10. The standard InChI is InChI=1S/C32H33N7O2S/c1-38(2)25-8-5-7-23(16-25)27-17-22-6-3-4-9-26(22)28(36-27)20-33-19-21-11-14-39(15-12-21)31-34-13-10-24(35-31)18-29-30(40)37-32(41)42-29/h3-10,13,16-18,21,33H,11-12,14-15,19-20H2,1-2H3,(H,37,40,41)/b29-18-. The molecular formula is C32H33N7O2S. The van der Waals surface area contributed by atoms with Gasteiger partial charge in [0.1, 0.15) is 0 Å². The molecule has 4 aromatic rings. The lowest BCUT2D eigenvalue weighted by Crippen LogP contribution is -2.38. The Morgan fingerprint density at radius 3 is 2.67 bits per heavy atom. The average Bonchev–Trinajstić information content (AvgIpc) is 3.33. The van der Waals surface area contributed by atoms with Crippen LogP contribution in [0, 0.1) is 5.92 Å². The van der Waals surface area contributed by atoms with E-state index in [-0.39, 0.29) is 11.1 Å². The highest BCUT2D eigenvalue weighted by atomic mass is 32.2. The van der Waals surface area contributed by atoms with Gasteiger partial charge in [-0.15, -0.1) is 0 Å². The summed E-state index contributed by atoms with van der Waals surface area (Å²) in [6, 6.07) is 20.9. The van der Waals surface area contributed by atoms with E-state index in [4.69, 9.17) is 4.98 Å². The van der Waals surface area contributed by atoms with Crippen LogP contribution in [0.3, 0.4) is 0 Å². The summed E-state index contributed by atoms with van der Waals surface area (Å²) in [5.74, 6) is 0.811. The maximum absolute atomic E-state index is 11.9. The van der Waals surface area contributed by atoms with Crippen LogP contribution >= 0.6 is 11.8 Å². The van der Waals surface area contributed by atoms with E-state index in [2.05, 4.69) is 99.1 Å². The van der Waals surface area contributed by atoms with Gasteiger partial charge in [-0.05, 0) is 72.8 Å². The van der Waals surface area contributed by atoms with E-state index in [0.717, 1.165) is 66.9 Å². The molecule has 2 aliphatic heterocycles. The molecule has 2 fully saturated rings. The number of amides is 2. The van der Waals surface area contributed by atoms with Crippen LogP contribution in [0.2, 0.25) is 0 Å². The normalized spacial score (nSPS) is 16.8. The predicted octanol–water partition coefficient (Wildman–Crippen LogP) is 5.09. The minimum atomic E-state index is -0.382. The van der Waals surface area contributed by atoms with Gasteiger partial charge in [0.05, 0.1) is 22.0 Å². The van der Waals surface area contributed by atoms with Gasteiger partial charge in [-0.2, -0.15) is 0 Å². The third-order valence-electron chi connectivity index (χ3n) is 7.69. The molecule has 2 aromatic heterocycles. The predicted molar refractivity (Wildman–Crippen MR) is 169 cm³/mol. The lowest BCUT2D eigenvalue weighted by molar-refractivity contribution is -0.115. The minimum absolute atomic E-state index is 0.351. The molecule has 0 bridgehead atoms. The van der Waals surface area contributed by atoms with Gasteiger partial charge in [0.2, 0.25) is 5.95 Å². The molecule has 4 heterocycles. The van der Waals surface area contributed by atoms with Crippen LogP contribution in [0.25, 0.3) is 28.1 Å². The fraction of sp³-hybridized carbons (Fsp3) is 0.281. The van der Waals surface area contributed by atoms with Crippen LogP contribution in [0.1, 0.15) is 24.2 Å². The number of hydrogen-bond acceptors (Lipinski definition) is 9. The number of aromatic nitrogens is 3. The Bertz CT molecular complexity index is 1660. The van der Waals surface area contributed by atoms with Crippen molar-refractivity contribution in [1.82, 2.24) is 25.6 Å². The zero-order valence-corrected chi connectivity index (χ0v) is 24.5. The number of anilines is 2. The molecule has 2 N–H and O–H groups in total. The Hall–Kier alpha value is -4.28. The number of rotatable bonds is 8. The van der Waals surface area contributed by atoms with Gasteiger partial charge in [-0.1, -0.05) is 36.4 Å². The zero-order valence-electron chi connectivity index (χ0n) is 23.7. The first-order chi connectivity index (χ1) is 20.4. The van der Waals surface area contributed by atoms with E-state index >= 15 is 0 Å². The van der Waals surface area contributed by atoms with Crippen molar-refractivity contribution < 1.29 is 9.59 Å². The summed E-state index contributed by atoms with van der Waals surface area (Å²) < 4.78 is 0. The lowest BCUT2D eigenvalue weighted by atomic mass is 9.97. The van der Waals surface area contributed by atoms with Crippen LogP contribution in [-0.2, 0) is 11.3 Å². The Morgan fingerprint density at radius 1 is 1.05 bits per heavy atom. The molecule has 42 heavy (non-hydrogen) atoms. The molecule has 0 saturated carbocycles. The number of nitrogens with one attached hydrogen (secondary N) is 2. The minimum Gasteiger partial charge on any atom is -0.378 e. The van der Waals surface area contributed by atoms with E-state index < -0.39 is 0 Å². The molecule has 6 rings (SSSR count). The molecule has 2 amide bonds. The SMILES string of the molecule is CN(C)c1cccc(-c2cc3ccccc3c(CNCC3CCN(c4nccc(/C=C5\SC(=O)NC5=O)n4)CC3)n2)c1. The molecular weight excluding hydrogens is 546 g/mol. The van der Waals surface area contributed by atoms with E-state index in [1.54, 1.807) is 18.3 Å². The second kappa shape index (κ2) is 12.3.